The van der Waals surface area contributed by atoms with E-state index in [1.54, 1.807) is 0 Å². The SMILES string of the molecule is CC1(C(=O)OCCOCc2ccccc2)CCOCC1. The van der Waals surface area contributed by atoms with Gasteiger partial charge in [-0.15, -0.1) is 0 Å². The highest BCUT2D eigenvalue weighted by Crippen LogP contribution is 2.30. The van der Waals surface area contributed by atoms with Crippen molar-refractivity contribution in [1.29, 1.82) is 0 Å². The van der Waals surface area contributed by atoms with E-state index in [0.29, 0.717) is 33.0 Å². The zero-order valence-corrected chi connectivity index (χ0v) is 12.0. The lowest BCUT2D eigenvalue weighted by molar-refractivity contribution is -0.161. The Morgan fingerprint density at radius 3 is 2.60 bits per heavy atom. The Morgan fingerprint density at radius 2 is 1.90 bits per heavy atom. The Bertz CT molecular complexity index is 410. The predicted molar refractivity (Wildman–Crippen MR) is 75.2 cm³/mol. The van der Waals surface area contributed by atoms with E-state index in [1.807, 2.05) is 37.3 Å². The van der Waals surface area contributed by atoms with E-state index in [4.69, 9.17) is 14.2 Å². The number of rotatable bonds is 6. The monoisotopic (exact) mass is 278 g/mol. The second-order valence-corrected chi connectivity index (χ2v) is 5.35. The molecule has 110 valence electrons. The third-order valence-electron chi connectivity index (χ3n) is 3.66. The van der Waals surface area contributed by atoms with Crippen LogP contribution in [0.3, 0.4) is 0 Å². The molecule has 0 aromatic heterocycles. The largest absolute Gasteiger partial charge is 0.463 e. The van der Waals surface area contributed by atoms with Gasteiger partial charge in [0.15, 0.2) is 0 Å². The molecule has 0 amide bonds. The van der Waals surface area contributed by atoms with E-state index in [0.717, 1.165) is 18.4 Å². The Kier molecular flexibility index (Phi) is 5.56. The number of esters is 1. The quantitative estimate of drug-likeness (QED) is 0.592. The number of benzene rings is 1. The van der Waals surface area contributed by atoms with Crippen LogP contribution in [0.4, 0.5) is 0 Å². The maximum atomic E-state index is 12.0. The minimum absolute atomic E-state index is 0.135. The van der Waals surface area contributed by atoms with Crippen LogP contribution < -0.4 is 0 Å². The van der Waals surface area contributed by atoms with E-state index in [9.17, 15) is 4.79 Å². The lowest BCUT2D eigenvalue weighted by Crippen LogP contribution is -2.36. The standard InChI is InChI=1S/C16H22O4/c1-16(7-9-18-10-8-16)15(17)20-12-11-19-13-14-5-3-2-4-6-14/h2-6H,7-13H2,1H3. The second kappa shape index (κ2) is 7.41. The van der Waals surface area contributed by atoms with E-state index in [1.165, 1.54) is 0 Å². The first-order chi connectivity index (χ1) is 9.71. The molecule has 1 aliphatic heterocycles. The van der Waals surface area contributed by atoms with Gasteiger partial charge in [0, 0.05) is 13.2 Å². The van der Waals surface area contributed by atoms with Crippen LogP contribution in [-0.4, -0.2) is 32.4 Å². The number of carbonyl (C=O) groups is 1. The molecule has 1 aromatic carbocycles. The highest BCUT2D eigenvalue weighted by Gasteiger charge is 2.36. The first kappa shape index (κ1) is 15.0. The molecule has 4 nitrogen and oxygen atoms in total. The van der Waals surface area contributed by atoms with Crippen LogP contribution in [0.25, 0.3) is 0 Å². The zero-order chi connectivity index (χ0) is 14.3. The van der Waals surface area contributed by atoms with Gasteiger partial charge in [-0.3, -0.25) is 4.79 Å². The molecule has 20 heavy (non-hydrogen) atoms. The topological polar surface area (TPSA) is 44.8 Å². The molecule has 4 heteroatoms. The van der Waals surface area contributed by atoms with Crippen molar-refractivity contribution >= 4 is 5.97 Å². The molecular weight excluding hydrogens is 256 g/mol. The van der Waals surface area contributed by atoms with Crippen molar-refractivity contribution in [3.63, 3.8) is 0 Å². The molecule has 0 N–H and O–H groups in total. The summed E-state index contributed by atoms with van der Waals surface area (Å²) in [7, 11) is 0. The van der Waals surface area contributed by atoms with Gasteiger partial charge in [-0.05, 0) is 25.3 Å². The van der Waals surface area contributed by atoms with Gasteiger partial charge in [-0.2, -0.15) is 0 Å². The molecule has 1 saturated heterocycles. The fourth-order valence-electron chi connectivity index (χ4n) is 2.16. The van der Waals surface area contributed by atoms with Crippen molar-refractivity contribution in [2.75, 3.05) is 26.4 Å². The zero-order valence-electron chi connectivity index (χ0n) is 12.0. The summed E-state index contributed by atoms with van der Waals surface area (Å²) in [6, 6.07) is 9.94. The number of hydrogen-bond acceptors (Lipinski definition) is 4. The number of hydrogen-bond donors (Lipinski definition) is 0. The highest BCUT2D eigenvalue weighted by atomic mass is 16.6. The Hall–Kier alpha value is -1.39. The molecule has 1 fully saturated rings. The van der Waals surface area contributed by atoms with Crippen LogP contribution in [0.5, 0.6) is 0 Å². The molecular formula is C16H22O4. The maximum absolute atomic E-state index is 12.0. The summed E-state index contributed by atoms with van der Waals surface area (Å²) in [5, 5.41) is 0. The minimum atomic E-state index is -0.391. The summed E-state index contributed by atoms with van der Waals surface area (Å²) >= 11 is 0. The maximum Gasteiger partial charge on any atom is 0.312 e. The van der Waals surface area contributed by atoms with Crippen molar-refractivity contribution in [3.05, 3.63) is 35.9 Å². The molecule has 0 radical (unpaired) electrons. The van der Waals surface area contributed by atoms with E-state index < -0.39 is 5.41 Å². The van der Waals surface area contributed by atoms with Crippen LogP contribution in [0.15, 0.2) is 30.3 Å². The average Bonchev–Trinajstić information content (AvgIpc) is 2.48. The van der Waals surface area contributed by atoms with Gasteiger partial charge in [-0.1, -0.05) is 30.3 Å². The van der Waals surface area contributed by atoms with Crippen LogP contribution in [0.1, 0.15) is 25.3 Å². The molecule has 1 heterocycles. The van der Waals surface area contributed by atoms with Crippen molar-refractivity contribution in [2.24, 2.45) is 5.41 Å². The molecule has 0 atom stereocenters. The number of carbonyl (C=O) groups excluding carboxylic acids is 1. The fourth-order valence-corrected chi connectivity index (χ4v) is 2.16. The molecule has 0 bridgehead atoms. The summed E-state index contributed by atoms with van der Waals surface area (Å²) in [6.45, 7) is 4.49. The predicted octanol–water partition coefficient (Wildman–Crippen LogP) is 2.56. The lowest BCUT2D eigenvalue weighted by atomic mass is 9.82. The van der Waals surface area contributed by atoms with Crippen LogP contribution in [-0.2, 0) is 25.6 Å². The molecule has 0 spiro atoms. The van der Waals surface area contributed by atoms with Crippen LogP contribution in [0, 0.1) is 5.41 Å². The summed E-state index contributed by atoms with van der Waals surface area (Å²) in [5.41, 5.74) is 0.729. The summed E-state index contributed by atoms with van der Waals surface area (Å²) in [6.07, 6.45) is 1.47. The Balaban J connectivity index is 1.62. The third-order valence-corrected chi connectivity index (χ3v) is 3.66. The van der Waals surface area contributed by atoms with Crippen molar-refractivity contribution < 1.29 is 19.0 Å². The first-order valence-corrected chi connectivity index (χ1v) is 7.07. The van der Waals surface area contributed by atoms with Gasteiger partial charge >= 0.3 is 5.97 Å². The van der Waals surface area contributed by atoms with Crippen molar-refractivity contribution in [3.8, 4) is 0 Å². The fraction of sp³-hybridized carbons (Fsp3) is 0.562. The number of ether oxygens (including phenoxy) is 3. The van der Waals surface area contributed by atoms with Crippen molar-refractivity contribution in [2.45, 2.75) is 26.4 Å². The van der Waals surface area contributed by atoms with Gasteiger partial charge in [0.2, 0.25) is 0 Å². The summed E-state index contributed by atoms with van der Waals surface area (Å²) in [5.74, 6) is -0.135. The molecule has 1 aliphatic rings. The van der Waals surface area contributed by atoms with Gasteiger partial charge in [0.05, 0.1) is 18.6 Å². The smallest absolute Gasteiger partial charge is 0.312 e. The second-order valence-electron chi connectivity index (χ2n) is 5.35. The minimum Gasteiger partial charge on any atom is -0.463 e. The summed E-state index contributed by atoms with van der Waals surface area (Å²) in [4.78, 5) is 12.0. The van der Waals surface area contributed by atoms with Crippen LogP contribution >= 0.6 is 0 Å². The highest BCUT2D eigenvalue weighted by molar-refractivity contribution is 5.76. The first-order valence-electron chi connectivity index (χ1n) is 7.07. The molecule has 0 saturated carbocycles. The summed E-state index contributed by atoms with van der Waals surface area (Å²) < 4.78 is 16.1. The van der Waals surface area contributed by atoms with Gasteiger partial charge < -0.3 is 14.2 Å². The Labute approximate surface area is 120 Å². The van der Waals surface area contributed by atoms with Crippen LogP contribution in [0.2, 0.25) is 0 Å². The lowest BCUT2D eigenvalue weighted by Gasteiger charge is -2.30. The van der Waals surface area contributed by atoms with Gasteiger partial charge in [0.1, 0.15) is 6.61 Å². The molecule has 1 aromatic rings. The molecule has 0 unspecified atom stereocenters. The third kappa shape index (κ3) is 4.32. The van der Waals surface area contributed by atoms with E-state index in [-0.39, 0.29) is 5.97 Å². The molecule has 0 aliphatic carbocycles. The van der Waals surface area contributed by atoms with E-state index in [2.05, 4.69) is 0 Å². The Morgan fingerprint density at radius 1 is 1.20 bits per heavy atom. The van der Waals surface area contributed by atoms with Gasteiger partial charge in [-0.25, -0.2) is 0 Å². The van der Waals surface area contributed by atoms with Gasteiger partial charge in [0.25, 0.3) is 0 Å². The van der Waals surface area contributed by atoms with Crippen molar-refractivity contribution in [1.82, 2.24) is 0 Å². The normalized spacial score (nSPS) is 17.6. The average molecular weight is 278 g/mol. The van der Waals surface area contributed by atoms with E-state index >= 15 is 0 Å². The molecule has 2 rings (SSSR count).